The van der Waals surface area contributed by atoms with Crippen LogP contribution in [0.5, 0.6) is 0 Å². The first-order chi connectivity index (χ1) is 9.71. The zero-order valence-electron chi connectivity index (χ0n) is 13.1. The maximum Gasteiger partial charge on any atom is 0.307 e. The standard InChI is InChI=1S/C16H25NO4/c1-15(2,3)21-14(18)8-16(9-17(19)20)12-5-4-10-6-11(12)13(16)7-10/h10-13H,4-9H2,1-3H3/t10-,11-,12+,13-,16+/m1/s1. The average Bonchev–Trinajstić information content (AvgIpc) is 2.50. The van der Waals surface area contributed by atoms with Crippen molar-refractivity contribution in [2.45, 2.75) is 58.5 Å². The Hall–Kier alpha value is -1.13. The van der Waals surface area contributed by atoms with Gasteiger partial charge in [-0.05, 0) is 63.7 Å². The zero-order valence-corrected chi connectivity index (χ0v) is 13.1. The second-order valence-electron chi connectivity index (χ2n) is 8.28. The smallest absolute Gasteiger partial charge is 0.307 e. The summed E-state index contributed by atoms with van der Waals surface area (Å²) < 4.78 is 5.44. The molecule has 3 aliphatic carbocycles. The predicted octanol–water partition coefficient (Wildman–Crippen LogP) is 3.05. The normalized spacial score (nSPS) is 40.5. The fourth-order valence-corrected chi connectivity index (χ4v) is 5.46. The highest BCUT2D eigenvalue weighted by Gasteiger charge is 2.69. The van der Waals surface area contributed by atoms with Gasteiger partial charge in [-0.1, -0.05) is 6.42 Å². The minimum Gasteiger partial charge on any atom is -0.460 e. The van der Waals surface area contributed by atoms with Gasteiger partial charge in [0.15, 0.2) is 0 Å². The minimum absolute atomic E-state index is 0.0647. The van der Waals surface area contributed by atoms with E-state index in [9.17, 15) is 14.9 Å². The molecule has 0 spiro atoms. The molecule has 118 valence electrons. The van der Waals surface area contributed by atoms with E-state index in [0.717, 1.165) is 18.8 Å². The number of carbonyl (C=O) groups is 1. The molecule has 0 amide bonds. The molecule has 3 fully saturated rings. The molecule has 0 unspecified atom stereocenters. The molecule has 0 heterocycles. The number of hydrogen-bond acceptors (Lipinski definition) is 4. The van der Waals surface area contributed by atoms with Crippen molar-refractivity contribution in [3.8, 4) is 0 Å². The lowest BCUT2D eigenvalue weighted by molar-refractivity contribution is -0.512. The van der Waals surface area contributed by atoms with Crippen LogP contribution in [-0.2, 0) is 9.53 Å². The number of nitro groups is 1. The van der Waals surface area contributed by atoms with Crippen LogP contribution in [-0.4, -0.2) is 23.0 Å². The molecule has 5 heteroatoms. The molecule has 0 aromatic carbocycles. The van der Waals surface area contributed by atoms with Gasteiger partial charge in [0, 0.05) is 4.92 Å². The summed E-state index contributed by atoms with van der Waals surface area (Å²) in [5.74, 6) is 1.83. The molecule has 3 rings (SSSR count). The monoisotopic (exact) mass is 295 g/mol. The summed E-state index contributed by atoms with van der Waals surface area (Å²) in [5.41, 5.74) is -0.953. The van der Waals surface area contributed by atoms with E-state index in [0.29, 0.717) is 17.8 Å². The van der Waals surface area contributed by atoms with Crippen molar-refractivity contribution in [1.82, 2.24) is 0 Å². The Kier molecular flexibility index (Phi) is 3.30. The molecule has 3 saturated carbocycles. The molecule has 0 radical (unpaired) electrons. The van der Waals surface area contributed by atoms with E-state index in [-0.39, 0.29) is 23.9 Å². The van der Waals surface area contributed by atoms with Crippen LogP contribution in [0.15, 0.2) is 0 Å². The number of carbonyl (C=O) groups excluding carboxylic acids is 1. The summed E-state index contributed by atoms with van der Waals surface area (Å²) >= 11 is 0. The summed E-state index contributed by atoms with van der Waals surface area (Å²) in [6.45, 7) is 5.46. The van der Waals surface area contributed by atoms with Gasteiger partial charge < -0.3 is 4.74 Å². The second kappa shape index (κ2) is 4.68. The Morgan fingerprint density at radius 2 is 2.00 bits per heavy atom. The van der Waals surface area contributed by atoms with Crippen LogP contribution >= 0.6 is 0 Å². The van der Waals surface area contributed by atoms with E-state index >= 15 is 0 Å². The lowest BCUT2D eigenvalue weighted by Gasteiger charge is -2.57. The molecule has 5 atom stereocenters. The van der Waals surface area contributed by atoms with Crippen LogP contribution in [0.2, 0.25) is 0 Å². The molecular weight excluding hydrogens is 270 g/mol. The quantitative estimate of drug-likeness (QED) is 0.454. The highest BCUT2D eigenvalue weighted by molar-refractivity contribution is 5.71. The van der Waals surface area contributed by atoms with E-state index in [1.165, 1.54) is 12.8 Å². The van der Waals surface area contributed by atoms with Crippen LogP contribution < -0.4 is 0 Å². The van der Waals surface area contributed by atoms with Crippen LogP contribution in [0.1, 0.15) is 52.9 Å². The molecular formula is C16H25NO4. The first-order valence-electron chi connectivity index (χ1n) is 8.05. The fourth-order valence-electron chi connectivity index (χ4n) is 5.46. The third-order valence-corrected chi connectivity index (χ3v) is 5.91. The lowest BCUT2D eigenvalue weighted by Crippen LogP contribution is -2.59. The SMILES string of the molecule is CC(C)(C)OC(=O)C[C@@]1(C[N+](=O)[O-])[C@@H]2C[C@@H]3CC[C@H]1[C@H]2C3. The van der Waals surface area contributed by atoms with E-state index in [2.05, 4.69) is 0 Å². The van der Waals surface area contributed by atoms with Gasteiger partial charge in [0.25, 0.3) is 0 Å². The molecule has 3 aliphatic rings. The third kappa shape index (κ3) is 2.44. The Morgan fingerprint density at radius 3 is 2.62 bits per heavy atom. The number of rotatable bonds is 4. The second-order valence-corrected chi connectivity index (χ2v) is 8.28. The topological polar surface area (TPSA) is 69.4 Å². The Labute approximate surface area is 125 Å². The number of fused-ring (bicyclic) bond motifs is 1. The van der Waals surface area contributed by atoms with Gasteiger partial charge in [-0.15, -0.1) is 0 Å². The number of nitrogens with zero attached hydrogens (tertiary/aromatic N) is 1. The lowest BCUT2D eigenvalue weighted by atomic mass is 9.45. The summed E-state index contributed by atoms with van der Waals surface area (Å²) in [7, 11) is 0. The molecule has 2 bridgehead atoms. The van der Waals surface area contributed by atoms with E-state index in [1.807, 2.05) is 20.8 Å². The number of ether oxygens (including phenoxy) is 1. The maximum absolute atomic E-state index is 12.3. The van der Waals surface area contributed by atoms with Gasteiger partial charge in [0.05, 0.1) is 11.8 Å². The van der Waals surface area contributed by atoms with E-state index in [4.69, 9.17) is 4.74 Å². The molecule has 0 N–H and O–H groups in total. The highest BCUT2D eigenvalue weighted by atomic mass is 16.6. The average molecular weight is 295 g/mol. The van der Waals surface area contributed by atoms with Crippen LogP contribution in [0.3, 0.4) is 0 Å². The van der Waals surface area contributed by atoms with E-state index < -0.39 is 11.0 Å². The molecule has 0 aromatic rings. The van der Waals surface area contributed by atoms with Gasteiger partial charge in [-0.3, -0.25) is 14.9 Å². The van der Waals surface area contributed by atoms with Crippen LogP contribution in [0, 0.1) is 39.2 Å². The molecule has 21 heavy (non-hydrogen) atoms. The Balaban J connectivity index is 1.79. The molecule has 0 saturated heterocycles. The van der Waals surface area contributed by atoms with Crippen molar-refractivity contribution in [3.05, 3.63) is 10.1 Å². The number of esters is 1. The van der Waals surface area contributed by atoms with Gasteiger partial charge in [-0.2, -0.15) is 0 Å². The van der Waals surface area contributed by atoms with Crippen LogP contribution in [0.4, 0.5) is 0 Å². The first-order valence-corrected chi connectivity index (χ1v) is 8.05. The first kappa shape index (κ1) is 14.8. The number of hydrogen-bond donors (Lipinski definition) is 0. The van der Waals surface area contributed by atoms with Crippen molar-refractivity contribution < 1.29 is 14.5 Å². The molecule has 0 aliphatic heterocycles. The van der Waals surface area contributed by atoms with E-state index in [1.54, 1.807) is 0 Å². The molecule has 5 nitrogen and oxygen atoms in total. The van der Waals surface area contributed by atoms with Gasteiger partial charge in [0.1, 0.15) is 5.60 Å². The highest BCUT2D eigenvalue weighted by Crippen LogP contribution is 2.70. The summed E-state index contributed by atoms with van der Waals surface area (Å²) in [6, 6.07) is 0. The Morgan fingerprint density at radius 1 is 1.29 bits per heavy atom. The third-order valence-electron chi connectivity index (χ3n) is 5.91. The van der Waals surface area contributed by atoms with Crippen molar-refractivity contribution in [2.75, 3.05) is 6.54 Å². The van der Waals surface area contributed by atoms with Crippen molar-refractivity contribution in [2.24, 2.45) is 29.1 Å². The molecule has 0 aromatic heterocycles. The van der Waals surface area contributed by atoms with Crippen molar-refractivity contribution in [3.63, 3.8) is 0 Å². The zero-order chi connectivity index (χ0) is 15.4. The van der Waals surface area contributed by atoms with Crippen molar-refractivity contribution >= 4 is 5.97 Å². The maximum atomic E-state index is 12.3. The van der Waals surface area contributed by atoms with Gasteiger partial charge >= 0.3 is 5.97 Å². The van der Waals surface area contributed by atoms with Gasteiger partial charge in [0.2, 0.25) is 6.54 Å². The minimum atomic E-state index is -0.524. The fraction of sp³-hybridized carbons (Fsp3) is 0.938. The van der Waals surface area contributed by atoms with Crippen molar-refractivity contribution in [1.29, 1.82) is 0 Å². The predicted molar refractivity (Wildman–Crippen MR) is 77.2 cm³/mol. The van der Waals surface area contributed by atoms with Crippen LogP contribution in [0.25, 0.3) is 0 Å². The summed E-state index contributed by atoms with van der Waals surface area (Å²) in [6.07, 6.45) is 4.78. The largest absolute Gasteiger partial charge is 0.460 e. The Bertz CT molecular complexity index is 461. The summed E-state index contributed by atoms with van der Waals surface area (Å²) in [4.78, 5) is 23.2. The summed E-state index contributed by atoms with van der Waals surface area (Å²) in [5, 5.41) is 11.2. The van der Waals surface area contributed by atoms with Gasteiger partial charge in [-0.25, -0.2) is 0 Å².